The Balaban J connectivity index is 1.35. The first-order chi connectivity index (χ1) is 10.3. The quantitative estimate of drug-likeness (QED) is 0.814. The zero-order chi connectivity index (χ0) is 14.5. The van der Waals surface area contributed by atoms with E-state index >= 15 is 0 Å². The van der Waals surface area contributed by atoms with Crippen LogP contribution < -0.4 is 10.1 Å². The molecular weight excluding hydrogens is 260 g/mol. The topological polar surface area (TPSA) is 24.5 Å². The molecule has 0 aliphatic carbocycles. The van der Waals surface area contributed by atoms with Gasteiger partial charge in [0.05, 0.1) is 6.61 Å². The summed E-state index contributed by atoms with van der Waals surface area (Å²) in [5.74, 6) is 1.97. The first kappa shape index (κ1) is 14.9. The van der Waals surface area contributed by atoms with Crippen molar-refractivity contribution in [2.45, 2.75) is 32.6 Å². The van der Waals surface area contributed by atoms with Gasteiger partial charge in [-0.2, -0.15) is 0 Å². The lowest BCUT2D eigenvalue weighted by atomic mass is 9.97. The molecule has 1 saturated heterocycles. The summed E-state index contributed by atoms with van der Waals surface area (Å²) in [5, 5.41) is 3.65. The van der Waals surface area contributed by atoms with E-state index in [2.05, 4.69) is 35.3 Å². The van der Waals surface area contributed by atoms with E-state index in [0.717, 1.165) is 37.7 Å². The van der Waals surface area contributed by atoms with Crippen molar-refractivity contribution in [1.29, 1.82) is 0 Å². The van der Waals surface area contributed by atoms with Crippen molar-refractivity contribution < 1.29 is 4.74 Å². The third kappa shape index (κ3) is 3.98. The molecule has 2 aliphatic heterocycles. The molecule has 1 fully saturated rings. The van der Waals surface area contributed by atoms with Crippen LogP contribution in [-0.2, 0) is 12.8 Å². The van der Waals surface area contributed by atoms with Crippen LogP contribution in [0.4, 0.5) is 0 Å². The van der Waals surface area contributed by atoms with Crippen molar-refractivity contribution in [2.75, 3.05) is 39.3 Å². The monoisotopic (exact) mass is 288 g/mol. The number of benzene rings is 1. The predicted molar refractivity (Wildman–Crippen MR) is 87.1 cm³/mol. The molecule has 0 amide bonds. The fourth-order valence-corrected chi connectivity index (χ4v) is 3.44. The van der Waals surface area contributed by atoms with Gasteiger partial charge in [0.1, 0.15) is 5.75 Å². The zero-order valence-electron chi connectivity index (χ0n) is 13.2. The first-order valence-electron chi connectivity index (χ1n) is 8.53. The van der Waals surface area contributed by atoms with Crippen LogP contribution >= 0.6 is 0 Å². The Morgan fingerprint density at radius 2 is 2.14 bits per heavy atom. The second-order valence-electron chi connectivity index (χ2n) is 6.37. The lowest BCUT2D eigenvalue weighted by Crippen LogP contribution is -2.37. The number of nitrogens with one attached hydrogen (secondary N) is 1. The van der Waals surface area contributed by atoms with Crippen LogP contribution in [0.25, 0.3) is 0 Å². The van der Waals surface area contributed by atoms with Crippen LogP contribution in [0.15, 0.2) is 18.2 Å². The average molecular weight is 288 g/mol. The van der Waals surface area contributed by atoms with Gasteiger partial charge < -0.3 is 15.0 Å². The van der Waals surface area contributed by atoms with E-state index in [-0.39, 0.29) is 0 Å². The Hall–Kier alpha value is -1.06. The van der Waals surface area contributed by atoms with Gasteiger partial charge in [0.25, 0.3) is 0 Å². The Kier molecular flexibility index (Phi) is 5.15. The molecule has 1 aromatic carbocycles. The Labute approximate surface area is 128 Å². The van der Waals surface area contributed by atoms with E-state index in [4.69, 9.17) is 4.74 Å². The second-order valence-corrected chi connectivity index (χ2v) is 6.37. The maximum absolute atomic E-state index is 5.56. The van der Waals surface area contributed by atoms with Gasteiger partial charge in [0, 0.05) is 6.42 Å². The predicted octanol–water partition coefficient (Wildman–Crippen LogP) is 2.49. The normalized spacial score (nSPS) is 19.5. The van der Waals surface area contributed by atoms with Crippen LogP contribution in [0.1, 0.15) is 30.9 Å². The molecule has 3 nitrogen and oxygen atoms in total. The molecule has 0 unspecified atom stereocenters. The number of hydrogen-bond donors (Lipinski definition) is 1. The van der Waals surface area contributed by atoms with E-state index in [1.165, 1.54) is 50.1 Å². The van der Waals surface area contributed by atoms with Gasteiger partial charge in [0.15, 0.2) is 0 Å². The highest BCUT2D eigenvalue weighted by Gasteiger charge is 2.17. The standard InChI is InChI=1S/C18H28N2O/c1-2-20-10-6-16(7-11-20)14-19-9-5-15-3-4-18-17(13-15)8-12-21-18/h3-4,13,16,19H,2,5-12,14H2,1H3. The van der Waals surface area contributed by atoms with Crippen LogP contribution in [0.5, 0.6) is 5.75 Å². The summed E-state index contributed by atoms with van der Waals surface area (Å²) in [6, 6.07) is 6.67. The summed E-state index contributed by atoms with van der Waals surface area (Å²) < 4.78 is 5.56. The van der Waals surface area contributed by atoms with Crippen molar-refractivity contribution in [3.8, 4) is 5.75 Å². The van der Waals surface area contributed by atoms with E-state index in [1.54, 1.807) is 0 Å². The molecule has 1 N–H and O–H groups in total. The number of fused-ring (bicyclic) bond motifs is 1. The summed E-state index contributed by atoms with van der Waals surface area (Å²) in [6.45, 7) is 9.18. The van der Waals surface area contributed by atoms with Crippen LogP contribution in [0.2, 0.25) is 0 Å². The number of hydrogen-bond acceptors (Lipinski definition) is 3. The summed E-state index contributed by atoms with van der Waals surface area (Å²) >= 11 is 0. The highest BCUT2D eigenvalue weighted by molar-refractivity contribution is 5.39. The third-order valence-electron chi connectivity index (χ3n) is 4.93. The van der Waals surface area contributed by atoms with E-state index < -0.39 is 0 Å². The van der Waals surface area contributed by atoms with Gasteiger partial charge in [-0.25, -0.2) is 0 Å². The summed E-state index contributed by atoms with van der Waals surface area (Å²) in [4.78, 5) is 2.56. The van der Waals surface area contributed by atoms with E-state index in [9.17, 15) is 0 Å². The van der Waals surface area contributed by atoms with Crippen molar-refractivity contribution in [3.05, 3.63) is 29.3 Å². The molecule has 0 atom stereocenters. The minimum atomic E-state index is 0.855. The molecule has 0 saturated carbocycles. The molecule has 116 valence electrons. The molecule has 21 heavy (non-hydrogen) atoms. The highest BCUT2D eigenvalue weighted by atomic mass is 16.5. The zero-order valence-corrected chi connectivity index (χ0v) is 13.2. The molecule has 0 aromatic heterocycles. The number of likely N-dealkylation sites (tertiary alicyclic amines) is 1. The fourth-order valence-electron chi connectivity index (χ4n) is 3.44. The summed E-state index contributed by atoms with van der Waals surface area (Å²) in [7, 11) is 0. The molecule has 0 bridgehead atoms. The summed E-state index contributed by atoms with van der Waals surface area (Å²) in [6.07, 6.45) is 4.92. The van der Waals surface area contributed by atoms with E-state index in [1.807, 2.05) is 0 Å². The SMILES string of the molecule is CCN1CCC(CNCCc2ccc3c(c2)CCO3)CC1. The molecule has 2 heterocycles. The lowest BCUT2D eigenvalue weighted by molar-refractivity contribution is 0.190. The Bertz CT molecular complexity index is 453. The van der Waals surface area contributed by atoms with E-state index in [0.29, 0.717) is 0 Å². The fraction of sp³-hybridized carbons (Fsp3) is 0.667. The Morgan fingerprint density at radius 1 is 1.29 bits per heavy atom. The van der Waals surface area contributed by atoms with Crippen LogP contribution in [0, 0.1) is 5.92 Å². The third-order valence-corrected chi connectivity index (χ3v) is 4.93. The average Bonchev–Trinajstić information content (AvgIpc) is 3.00. The maximum atomic E-state index is 5.56. The highest BCUT2D eigenvalue weighted by Crippen LogP contribution is 2.25. The van der Waals surface area contributed by atoms with Crippen LogP contribution in [-0.4, -0.2) is 44.2 Å². The van der Waals surface area contributed by atoms with Crippen molar-refractivity contribution in [1.82, 2.24) is 10.2 Å². The van der Waals surface area contributed by atoms with Gasteiger partial charge in [0.2, 0.25) is 0 Å². The number of rotatable bonds is 6. The van der Waals surface area contributed by atoms with Gasteiger partial charge in [-0.3, -0.25) is 0 Å². The maximum Gasteiger partial charge on any atom is 0.122 e. The minimum Gasteiger partial charge on any atom is -0.493 e. The van der Waals surface area contributed by atoms with Gasteiger partial charge in [-0.1, -0.05) is 19.1 Å². The van der Waals surface area contributed by atoms with Crippen LogP contribution in [0.3, 0.4) is 0 Å². The van der Waals surface area contributed by atoms with Gasteiger partial charge in [-0.15, -0.1) is 0 Å². The largest absolute Gasteiger partial charge is 0.493 e. The molecule has 1 aromatic rings. The van der Waals surface area contributed by atoms with Gasteiger partial charge in [-0.05, 0) is 75.1 Å². The van der Waals surface area contributed by atoms with Crippen molar-refractivity contribution >= 4 is 0 Å². The Morgan fingerprint density at radius 3 is 2.95 bits per heavy atom. The molecule has 2 aliphatic rings. The number of ether oxygens (including phenoxy) is 1. The lowest BCUT2D eigenvalue weighted by Gasteiger charge is -2.31. The molecular formula is C18H28N2O. The number of nitrogens with zero attached hydrogens (tertiary/aromatic N) is 1. The smallest absolute Gasteiger partial charge is 0.122 e. The minimum absolute atomic E-state index is 0.855. The molecule has 3 heteroatoms. The summed E-state index contributed by atoms with van der Waals surface area (Å²) in [5.41, 5.74) is 2.83. The van der Waals surface area contributed by atoms with Gasteiger partial charge >= 0.3 is 0 Å². The first-order valence-corrected chi connectivity index (χ1v) is 8.53. The van der Waals surface area contributed by atoms with Crippen molar-refractivity contribution in [3.63, 3.8) is 0 Å². The molecule has 0 radical (unpaired) electrons. The van der Waals surface area contributed by atoms with Crippen molar-refractivity contribution in [2.24, 2.45) is 5.92 Å². The number of piperidine rings is 1. The molecule has 0 spiro atoms. The molecule has 3 rings (SSSR count). The second kappa shape index (κ2) is 7.28.